The smallest absolute Gasteiger partial charge is 0.242 e. The Labute approximate surface area is 198 Å². The Morgan fingerprint density at radius 3 is 2.39 bits per heavy atom. The molecule has 1 aliphatic rings. The van der Waals surface area contributed by atoms with E-state index < -0.39 is 6.04 Å². The molecule has 3 aromatic carbocycles. The van der Waals surface area contributed by atoms with Crippen LogP contribution in [-0.2, 0) is 29.1 Å². The summed E-state index contributed by atoms with van der Waals surface area (Å²) in [5.41, 5.74) is 2.69. The van der Waals surface area contributed by atoms with Gasteiger partial charge in [-0.2, -0.15) is 0 Å². The lowest BCUT2D eigenvalue weighted by Gasteiger charge is -2.29. The average Bonchev–Trinajstić information content (AvgIpc) is 3.30. The minimum Gasteiger partial charge on any atom is -0.454 e. The monoisotopic (exact) mass is 464 g/mol. The number of hydrogen-bond donors (Lipinski definition) is 1. The third-order valence-corrected chi connectivity index (χ3v) is 5.79. The summed E-state index contributed by atoms with van der Waals surface area (Å²) < 4.78 is 10.7. The van der Waals surface area contributed by atoms with Crippen molar-refractivity contribution in [2.24, 2.45) is 0 Å². The largest absolute Gasteiger partial charge is 0.454 e. The van der Waals surface area contributed by atoms with Gasteiger partial charge in [-0.05, 0) is 47.9 Å². The predicted octanol–water partition coefficient (Wildman–Crippen LogP) is 4.34. The lowest BCUT2D eigenvalue weighted by molar-refractivity contribution is -0.140. The fourth-order valence-corrected chi connectivity index (χ4v) is 3.75. The summed E-state index contributed by atoms with van der Waals surface area (Å²) >= 11 is 6.00. The van der Waals surface area contributed by atoms with Crippen LogP contribution in [0.15, 0.2) is 72.8 Å². The molecule has 33 heavy (non-hydrogen) atoms. The molecule has 0 fully saturated rings. The molecule has 7 heteroatoms. The van der Waals surface area contributed by atoms with E-state index in [1.165, 1.54) is 0 Å². The van der Waals surface area contributed by atoms with Gasteiger partial charge in [0.1, 0.15) is 6.04 Å². The molecule has 0 spiro atoms. The Morgan fingerprint density at radius 1 is 0.939 bits per heavy atom. The van der Waals surface area contributed by atoms with Crippen LogP contribution in [0.1, 0.15) is 23.6 Å². The van der Waals surface area contributed by atoms with Gasteiger partial charge in [0.2, 0.25) is 18.6 Å². The molecule has 1 aliphatic heterocycles. The average molecular weight is 465 g/mol. The van der Waals surface area contributed by atoms with E-state index in [1.807, 2.05) is 60.7 Å². The van der Waals surface area contributed by atoms with Crippen LogP contribution in [0.5, 0.6) is 11.5 Å². The fraction of sp³-hybridized carbons (Fsp3) is 0.231. The lowest BCUT2D eigenvalue weighted by atomic mass is 10.1. The first kappa shape index (κ1) is 22.7. The summed E-state index contributed by atoms with van der Waals surface area (Å²) in [6.45, 7) is 2.57. The van der Waals surface area contributed by atoms with E-state index in [1.54, 1.807) is 24.0 Å². The topological polar surface area (TPSA) is 67.9 Å². The van der Waals surface area contributed by atoms with Crippen LogP contribution >= 0.6 is 11.6 Å². The first-order valence-electron chi connectivity index (χ1n) is 10.7. The first-order chi connectivity index (χ1) is 16.0. The highest BCUT2D eigenvalue weighted by molar-refractivity contribution is 6.30. The van der Waals surface area contributed by atoms with Gasteiger partial charge < -0.3 is 19.7 Å². The lowest BCUT2D eigenvalue weighted by Crippen LogP contribution is -2.47. The number of amides is 2. The van der Waals surface area contributed by atoms with Crippen LogP contribution in [-0.4, -0.2) is 29.5 Å². The molecular formula is C26H25ClN2O4. The summed E-state index contributed by atoms with van der Waals surface area (Å²) in [4.78, 5) is 27.8. The molecule has 1 heterocycles. The molecule has 0 saturated heterocycles. The highest BCUT2D eigenvalue weighted by Gasteiger charge is 2.26. The van der Waals surface area contributed by atoms with E-state index in [9.17, 15) is 9.59 Å². The maximum Gasteiger partial charge on any atom is 0.242 e. The van der Waals surface area contributed by atoms with Gasteiger partial charge in [-0.15, -0.1) is 0 Å². The molecule has 0 unspecified atom stereocenters. The second-order valence-electron chi connectivity index (χ2n) is 7.89. The third kappa shape index (κ3) is 5.84. The van der Waals surface area contributed by atoms with Gasteiger partial charge in [-0.25, -0.2) is 0 Å². The quantitative estimate of drug-likeness (QED) is 0.538. The van der Waals surface area contributed by atoms with Crippen LogP contribution in [0, 0.1) is 0 Å². The van der Waals surface area contributed by atoms with Gasteiger partial charge in [0, 0.05) is 18.1 Å². The molecule has 170 valence electrons. The standard InChI is InChI=1S/C26H25ClN2O4/c1-18(26(31)28-15-21-9-12-23-24(13-21)33-17-32-23)29(16-20-7-10-22(27)11-8-20)25(30)14-19-5-3-2-4-6-19/h2-13,18H,14-17H2,1H3,(H,28,31)/t18-/m0/s1. The van der Waals surface area contributed by atoms with Crippen molar-refractivity contribution in [1.82, 2.24) is 10.2 Å². The van der Waals surface area contributed by atoms with Crippen LogP contribution < -0.4 is 14.8 Å². The molecule has 1 atom stereocenters. The summed E-state index contributed by atoms with van der Waals surface area (Å²) in [5.74, 6) is 1.00. The Kier molecular flexibility index (Phi) is 7.15. The van der Waals surface area contributed by atoms with Gasteiger partial charge in [0.05, 0.1) is 6.42 Å². The first-order valence-corrected chi connectivity index (χ1v) is 11.1. The summed E-state index contributed by atoms with van der Waals surface area (Å²) in [6, 6.07) is 21.7. The van der Waals surface area contributed by atoms with E-state index in [0.717, 1.165) is 16.7 Å². The van der Waals surface area contributed by atoms with Crippen molar-refractivity contribution in [1.29, 1.82) is 0 Å². The molecule has 4 rings (SSSR count). The number of benzene rings is 3. The Hall–Kier alpha value is -3.51. The zero-order valence-corrected chi connectivity index (χ0v) is 19.0. The Morgan fingerprint density at radius 2 is 1.64 bits per heavy atom. The molecule has 6 nitrogen and oxygen atoms in total. The molecule has 0 saturated carbocycles. The molecule has 0 aromatic heterocycles. The zero-order valence-electron chi connectivity index (χ0n) is 18.3. The highest BCUT2D eigenvalue weighted by Crippen LogP contribution is 2.32. The minimum absolute atomic E-state index is 0.123. The molecule has 0 bridgehead atoms. The Bertz CT molecular complexity index is 1120. The number of nitrogens with one attached hydrogen (secondary N) is 1. The van der Waals surface area contributed by atoms with E-state index in [0.29, 0.717) is 29.6 Å². The number of fused-ring (bicyclic) bond motifs is 1. The van der Waals surface area contributed by atoms with Gasteiger partial charge in [0.25, 0.3) is 0 Å². The maximum absolute atomic E-state index is 13.2. The van der Waals surface area contributed by atoms with Crippen LogP contribution in [0.3, 0.4) is 0 Å². The third-order valence-electron chi connectivity index (χ3n) is 5.54. The number of hydrogen-bond acceptors (Lipinski definition) is 4. The summed E-state index contributed by atoms with van der Waals surface area (Å²) in [7, 11) is 0. The van der Waals surface area contributed by atoms with Crippen molar-refractivity contribution in [3.05, 3.63) is 94.5 Å². The van der Waals surface area contributed by atoms with Gasteiger partial charge in [-0.1, -0.05) is 60.1 Å². The van der Waals surface area contributed by atoms with E-state index >= 15 is 0 Å². The van der Waals surface area contributed by atoms with E-state index in [2.05, 4.69) is 5.32 Å². The number of rotatable bonds is 8. The van der Waals surface area contributed by atoms with Crippen molar-refractivity contribution in [2.75, 3.05) is 6.79 Å². The van der Waals surface area contributed by atoms with Crippen molar-refractivity contribution in [2.45, 2.75) is 32.5 Å². The van der Waals surface area contributed by atoms with Crippen molar-refractivity contribution >= 4 is 23.4 Å². The number of carbonyl (C=O) groups is 2. The van der Waals surface area contributed by atoms with Crippen LogP contribution in [0.25, 0.3) is 0 Å². The molecule has 3 aromatic rings. The van der Waals surface area contributed by atoms with E-state index in [4.69, 9.17) is 21.1 Å². The van der Waals surface area contributed by atoms with E-state index in [-0.39, 0.29) is 25.0 Å². The second-order valence-corrected chi connectivity index (χ2v) is 8.33. The number of ether oxygens (including phenoxy) is 2. The maximum atomic E-state index is 13.2. The van der Waals surface area contributed by atoms with Crippen LogP contribution in [0.2, 0.25) is 5.02 Å². The van der Waals surface area contributed by atoms with Crippen LogP contribution in [0.4, 0.5) is 0 Å². The minimum atomic E-state index is -0.661. The summed E-state index contributed by atoms with van der Waals surface area (Å²) in [6.07, 6.45) is 0.216. The van der Waals surface area contributed by atoms with Crippen molar-refractivity contribution in [3.8, 4) is 11.5 Å². The number of halogens is 1. The predicted molar refractivity (Wildman–Crippen MR) is 126 cm³/mol. The van der Waals surface area contributed by atoms with Gasteiger partial charge in [0.15, 0.2) is 11.5 Å². The summed E-state index contributed by atoms with van der Waals surface area (Å²) in [5, 5.41) is 3.55. The molecule has 1 N–H and O–H groups in total. The zero-order chi connectivity index (χ0) is 23.2. The second kappa shape index (κ2) is 10.4. The fourth-order valence-electron chi connectivity index (χ4n) is 3.63. The highest BCUT2D eigenvalue weighted by atomic mass is 35.5. The Balaban J connectivity index is 1.46. The van der Waals surface area contributed by atoms with Crippen molar-refractivity contribution in [3.63, 3.8) is 0 Å². The molecule has 2 amide bonds. The number of nitrogens with zero attached hydrogens (tertiary/aromatic N) is 1. The normalized spacial score (nSPS) is 12.8. The van der Waals surface area contributed by atoms with Gasteiger partial charge in [-0.3, -0.25) is 9.59 Å². The molecule has 0 aliphatic carbocycles. The molecule has 0 radical (unpaired) electrons. The van der Waals surface area contributed by atoms with Gasteiger partial charge >= 0.3 is 0 Å². The SMILES string of the molecule is C[C@@H](C(=O)NCc1ccc2c(c1)OCO2)N(Cc1ccc(Cl)cc1)C(=O)Cc1ccccc1. The number of carbonyl (C=O) groups excluding carboxylic acids is 2. The van der Waals surface area contributed by atoms with Crippen molar-refractivity contribution < 1.29 is 19.1 Å². The molecular weight excluding hydrogens is 440 g/mol.